The summed E-state index contributed by atoms with van der Waals surface area (Å²) in [7, 11) is 0. The Morgan fingerprint density at radius 2 is 2.14 bits per heavy atom. The van der Waals surface area contributed by atoms with Crippen LogP contribution in [0.3, 0.4) is 0 Å². The molecule has 2 nitrogen and oxygen atoms in total. The van der Waals surface area contributed by atoms with Crippen LogP contribution >= 0.6 is 15.9 Å². The van der Waals surface area contributed by atoms with Crippen molar-refractivity contribution in [2.24, 2.45) is 0 Å². The molecule has 0 aliphatic heterocycles. The van der Waals surface area contributed by atoms with Gasteiger partial charge in [-0.25, -0.2) is 13.8 Å². The average Bonchev–Trinajstić information content (AvgIpc) is 2.16. The number of hydrogen-bond donors (Lipinski definition) is 1. The van der Waals surface area contributed by atoms with E-state index in [1.807, 2.05) is 0 Å². The Bertz CT molecular complexity index is 333. The quantitative estimate of drug-likeness (QED) is 0.676. The molecule has 0 bridgehead atoms. The van der Waals surface area contributed by atoms with Gasteiger partial charge in [-0.3, -0.25) is 0 Å². The second kappa shape index (κ2) is 4.75. The second-order valence-corrected chi connectivity index (χ2v) is 3.13. The standard InChI is InChI=1S/C8H7BrF3NO/c9-2-6-5(7(10)11)1-4(3-14)13-8(6)12/h1,7,14H,2-3H2. The molecule has 0 aliphatic carbocycles. The molecule has 14 heavy (non-hydrogen) atoms. The highest BCUT2D eigenvalue weighted by molar-refractivity contribution is 9.08. The molecular formula is C8H7BrF3NO. The third kappa shape index (κ3) is 2.24. The summed E-state index contributed by atoms with van der Waals surface area (Å²) >= 11 is 2.90. The predicted molar refractivity (Wildman–Crippen MR) is 47.7 cm³/mol. The van der Waals surface area contributed by atoms with Gasteiger partial charge in [0.05, 0.1) is 12.3 Å². The average molecular weight is 270 g/mol. The molecular weight excluding hydrogens is 263 g/mol. The van der Waals surface area contributed by atoms with Crippen molar-refractivity contribution in [3.63, 3.8) is 0 Å². The predicted octanol–water partition coefficient (Wildman–Crippen LogP) is 2.55. The highest BCUT2D eigenvalue weighted by atomic mass is 79.9. The lowest BCUT2D eigenvalue weighted by molar-refractivity contribution is 0.149. The highest BCUT2D eigenvalue weighted by Gasteiger charge is 2.18. The molecule has 1 aromatic heterocycles. The smallest absolute Gasteiger partial charge is 0.264 e. The molecule has 0 aliphatic rings. The molecule has 0 spiro atoms. The Balaban J connectivity index is 3.28. The molecule has 1 aromatic rings. The maximum Gasteiger partial charge on any atom is 0.264 e. The first-order valence-corrected chi connectivity index (χ1v) is 4.85. The summed E-state index contributed by atoms with van der Waals surface area (Å²) in [4.78, 5) is 3.33. The van der Waals surface area contributed by atoms with Gasteiger partial charge in [0.25, 0.3) is 6.43 Å². The number of rotatable bonds is 3. The third-order valence-electron chi connectivity index (χ3n) is 1.69. The monoisotopic (exact) mass is 269 g/mol. The Morgan fingerprint density at radius 3 is 2.57 bits per heavy atom. The van der Waals surface area contributed by atoms with Crippen molar-refractivity contribution in [1.29, 1.82) is 0 Å². The van der Waals surface area contributed by atoms with Crippen LogP contribution in [0, 0.1) is 5.95 Å². The van der Waals surface area contributed by atoms with E-state index in [2.05, 4.69) is 20.9 Å². The van der Waals surface area contributed by atoms with E-state index in [0.29, 0.717) is 0 Å². The summed E-state index contributed by atoms with van der Waals surface area (Å²) in [6.07, 6.45) is -2.77. The fourth-order valence-electron chi connectivity index (χ4n) is 1.02. The van der Waals surface area contributed by atoms with Gasteiger partial charge in [0.1, 0.15) is 0 Å². The van der Waals surface area contributed by atoms with E-state index in [1.54, 1.807) is 0 Å². The van der Waals surface area contributed by atoms with Crippen LogP contribution in [0.1, 0.15) is 23.2 Å². The summed E-state index contributed by atoms with van der Waals surface area (Å²) in [6, 6.07) is 1.00. The number of nitrogens with zero attached hydrogens (tertiary/aromatic N) is 1. The van der Waals surface area contributed by atoms with Gasteiger partial charge in [0.15, 0.2) is 0 Å². The van der Waals surface area contributed by atoms with Crippen LogP contribution in [0.2, 0.25) is 0 Å². The molecule has 78 valence electrons. The van der Waals surface area contributed by atoms with Gasteiger partial charge >= 0.3 is 0 Å². The minimum Gasteiger partial charge on any atom is -0.390 e. The molecule has 0 atom stereocenters. The van der Waals surface area contributed by atoms with Gasteiger partial charge in [0.2, 0.25) is 5.95 Å². The van der Waals surface area contributed by atoms with Crippen molar-refractivity contribution < 1.29 is 18.3 Å². The van der Waals surface area contributed by atoms with Gasteiger partial charge in [-0.2, -0.15) is 4.39 Å². The van der Waals surface area contributed by atoms with E-state index in [0.717, 1.165) is 6.07 Å². The van der Waals surface area contributed by atoms with E-state index >= 15 is 0 Å². The first-order chi connectivity index (χ1) is 6.60. The number of hydrogen-bond acceptors (Lipinski definition) is 2. The molecule has 0 amide bonds. The van der Waals surface area contributed by atoms with Crippen LogP contribution in [0.15, 0.2) is 6.07 Å². The number of aliphatic hydroxyl groups is 1. The van der Waals surface area contributed by atoms with Gasteiger partial charge in [0, 0.05) is 16.5 Å². The lowest BCUT2D eigenvalue weighted by atomic mass is 10.1. The zero-order valence-electron chi connectivity index (χ0n) is 6.98. The van der Waals surface area contributed by atoms with E-state index < -0.39 is 24.5 Å². The van der Waals surface area contributed by atoms with Gasteiger partial charge < -0.3 is 5.11 Å². The second-order valence-electron chi connectivity index (χ2n) is 2.56. The van der Waals surface area contributed by atoms with Crippen molar-refractivity contribution in [2.75, 3.05) is 0 Å². The summed E-state index contributed by atoms with van der Waals surface area (Å²) in [5, 5.41) is 8.62. The molecule has 0 fully saturated rings. The van der Waals surface area contributed by atoms with E-state index in [-0.39, 0.29) is 16.6 Å². The van der Waals surface area contributed by atoms with Crippen molar-refractivity contribution in [3.8, 4) is 0 Å². The lowest BCUT2D eigenvalue weighted by Crippen LogP contribution is -2.03. The number of aromatic nitrogens is 1. The molecule has 1 N–H and O–H groups in total. The lowest BCUT2D eigenvalue weighted by Gasteiger charge is -2.08. The first kappa shape index (κ1) is 11.5. The largest absolute Gasteiger partial charge is 0.390 e. The van der Waals surface area contributed by atoms with Crippen LogP contribution in [-0.4, -0.2) is 10.1 Å². The van der Waals surface area contributed by atoms with Crippen LogP contribution in [0.25, 0.3) is 0 Å². The molecule has 0 saturated heterocycles. The summed E-state index contributed by atoms with van der Waals surface area (Å²) in [5.74, 6) is -0.969. The molecule has 0 saturated carbocycles. The van der Waals surface area contributed by atoms with Crippen LogP contribution in [0.5, 0.6) is 0 Å². The molecule has 1 rings (SSSR count). The van der Waals surface area contributed by atoms with E-state index in [4.69, 9.17) is 5.11 Å². The fraction of sp³-hybridized carbons (Fsp3) is 0.375. The SMILES string of the molecule is OCc1cc(C(F)F)c(CBr)c(F)n1. The molecule has 0 aromatic carbocycles. The van der Waals surface area contributed by atoms with Crippen molar-refractivity contribution in [2.45, 2.75) is 18.4 Å². The van der Waals surface area contributed by atoms with Crippen LogP contribution in [0.4, 0.5) is 13.2 Å². The highest BCUT2D eigenvalue weighted by Crippen LogP contribution is 2.26. The molecule has 6 heteroatoms. The van der Waals surface area contributed by atoms with Crippen LogP contribution in [-0.2, 0) is 11.9 Å². The zero-order valence-corrected chi connectivity index (χ0v) is 8.56. The van der Waals surface area contributed by atoms with E-state index in [9.17, 15) is 13.2 Å². The summed E-state index contributed by atoms with van der Waals surface area (Å²) in [6.45, 7) is -0.556. The zero-order chi connectivity index (χ0) is 10.7. The van der Waals surface area contributed by atoms with Gasteiger partial charge in [-0.05, 0) is 6.07 Å². The molecule has 1 heterocycles. The van der Waals surface area contributed by atoms with Gasteiger partial charge in [-0.15, -0.1) is 0 Å². The minimum atomic E-state index is -2.77. The van der Waals surface area contributed by atoms with E-state index in [1.165, 1.54) is 0 Å². The summed E-state index contributed by atoms with van der Waals surface area (Å²) in [5.41, 5.74) is -0.696. The van der Waals surface area contributed by atoms with Crippen molar-refractivity contribution >= 4 is 15.9 Å². The normalized spacial score (nSPS) is 11.0. The van der Waals surface area contributed by atoms with Crippen LogP contribution < -0.4 is 0 Å². The van der Waals surface area contributed by atoms with Crippen molar-refractivity contribution in [3.05, 3.63) is 28.8 Å². The summed E-state index contributed by atoms with van der Waals surface area (Å²) < 4.78 is 37.9. The maximum absolute atomic E-state index is 13.1. The molecule has 0 radical (unpaired) electrons. The number of aliphatic hydroxyl groups excluding tert-OH is 1. The Morgan fingerprint density at radius 1 is 1.50 bits per heavy atom. The Kier molecular flexibility index (Phi) is 3.88. The first-order valence-electron chi connectivity index (χ1n) is 3.73. The number of halogens is 4. The Hall–Kier alpha value is -0.620. The maximum atomic E-state index is 13.1. The molecule has 0 unspecified atom stereocenters. The number of alkyl halides is 3. The number of pyridine rings is 1. The van der Waals surface area contributed by atoms with Crippen molar-refractivity contribution in [1.82, 2.24) is 4.98 Å². The topological polar surface area (TPSA) is 33.1 Å². The van der Waals surface area contributed by atoms with Gasteiger partial charge in [-0.1, -0.05) is 15.9 Å². The fourth-order valence-corrected chi connectivity index (χ4v) is 1.57. The minimum absolute atomic E-state index is 0.0305. The third-order valence-corrected chi connectivity index (χ3v) is 2.25. The Labute approximate surface area is 86.9 Å².